The van der Waals surface area contributed by atoms with Crippen molar-refractivity contribution in [1.82, 2.24) is 9.88 Å². The highest BCUT2D eigenvalue weighted by Crippen LogP contribution is 2.28. The van der Waals surface area contributed by atoms with Crippen LogP contribution < -0.4 is 4.74 Å². The molecule has 8 nitrogen and oxygen atoms in total. The molecule has 1 aromatic heterocycles. The number of amides is 1. The largest absolute Gasteiger partial charge is 0.481 e. The molecular formula is C18H27ClN2O6. The van der Waals surface area contributed by atoms with Crippen molar-refractivity contribution in [2.45, 2.75) is 45.1 Å². The number of carbonyl (C=O) groups excluding carboxylic acids is 2. The van der Waals surface area contributed by atoms with Crippen molar-refractivity contribution < 1.29 is 28.5 Å². The van der Waals surface area contributed by atoms with Crippen LogP contribution in [-0.4, -0.2) is 61.0 Å². The second kappa shape index (κ2) is 10.4. The molecule has 0 aromatic carbocycles. The first-order chi connectivity index (χ1) is 12.6. The van der Waals surface area contributed by atoms with Gasteiger partial charge >= 0.3 is 11.3 Å². The minimum atomic E-state index is -0.751. The Morgan fingerprint density at radius 2 is 1.81 bits per heavy atom. The van der Waals surface area contributed by atoms with Gasteiger partial charge in [0.25, 0.3) is 0 Å². The van der Waals surface area contributed by atoms with Crippen LogP contribution in [0, 0.1) is 0 Å². The Labute approximate surface area is 164 Å². The summed E-state index contributed by atoms with van der Waals surface area (Å²) < 4.78 is 20.8. The van der Waals surface area contributed by atoms with Crippen LogP contribution in [0.25, 0.3) is 0 Å². The quantitative estimate of drug-likeness (QED) is 0.271. The lowest BCUT2D eigenvalue weighted by molar-refractivity contribution is -0.157. The molecule has 27 heavy (non-hydrogen) atoms. The number of halogens is 1. The molecule has 1 atom stereocenters. The zero-order valence-electron chi connectivity index (χ0n) is 16.5. The predicted octanol–water partition coefficient (Wildman–Crippen LogP) is 3.14. The van der Waals surface area contributed by atoms with Gasteiger partial charge in [-0.15, -0.1) is 0 Å². The Morgan fingerprint density at radius 3 is 2.22 bits per heavy atom. The third-order valence-corrected chi connectivity index (χ3v) is 3.82. The second-order valence-corrected chi connectivity index (χ2v) is 7.07. The SMILES string of the molecule is COc1ccc([C@H](CC(=O)OC(C)(C)C)N(CC(OC)OC)C(=O)Cl)cn1. The summed E-state index contributed by atoms with van der Waals surface area (Å²) >= 11 is 5.80. The smallest absolute Gasteiger partial charge is 0.317 e. The molecule has 0 aliphatic rings. The lowest BCUT2D eigenvalue weighted by Crippen LogP contribution is -2.40. The molecule has 1 heterocycles. The third-order valence-electron chi connectivity index (χ3n) is 3.61. The summed E-state index contributed by atoms with van der Waals surface area (Å²) in [5.74, 6) is -0.0669. The number of methoxy groups -OCH3 is 3. The zero-order chi connectivity index (χ0) is 20.6. The van der Waals surface area contributed by atoms with Gasteiger partial charge in [-0.25, -0.2) is 4.98 Å². The molecule has 0 fully saturated rings. The summed E-state index contributed by atoms with van der Waals surface area (Å²) in [7, 11) is 4.39. The van der Waals surface area contributed by atoms with Gasteiger partial charge in [0.05, 0.1) is 26.1 Å². The molecule has 152 valence electrons. The van der Waals surface area contributed by atoms with Crippen molar-refractivity contribution in [2.24, 2.45) is 0 Å². The van der Waals surface area contributed by atoms with Crippen LogP contribution in [-0.2, 0) is 19.0 Å². The van der Waals surface area contributed by atoms with E-state index in [9.17, 15) is 9.59 Å². The van der Waals surface area contributed by atoms with Crippen molar-refractivity contribution in [1.29, 1.82) is 0 Å². The monoisotopic (exact) mass is 402 g/mol. The van der Waals surface area contributed by atoms with E-state index in [0.717, 1.165) is 0 Å². The molecule has 1 aromatic rings. The van der Waals surface area contributed by atoms with Gasteiger partial charge < -0.3 is 23.8 Å². The summed E-state index contributed by atoms with van der Waals surface area (Å²) in [6, 6.07) is 2.64. The second-order valence-electron chi connectivity index (χ2n) is 6.75. The number of nitrogens with zero attached hydrogens (tertiary/aromatic N) is 2. The maximum atomic E-state index is 12.4. The van der Waals surface area contributed by atoms with E-state index in [-0.39, 0.29) is 13.0 Å². The third kappa shape index (κ3) is 7.70. The van der Waals surface area contributed by atoms with Crippen molar-refractivity contribution in [3.8, 4) is 5.88 Å². The highest BCUT2D eigenvalue weighted by atomic mass is 35.5. The molecule has 0 aliphatic heterocycles. The fourth-order valence-corrected chi connectivity index (χ4v) is 2.57. The minimum absolute atomic E-state index is 0.0226. The van der Waals surface area contributed by atoms with Crippen LogP contribution in [0.3, 0.4) is 0 Å². The maximum absolute atomic E-state index is 12.4. The molecule has 0 unspecified atom stereocenters. The summed E-state index contributed by atoms with van der Waals surface area (Å²) in [4.78, 5) is 29.9. The lowest BCUT2D eigenvalue weighted by Gasteiger charge is -2.32. The Morgan fingerprint density at radius 1 is 1.19 bits per heavy atom. The highest BCUT2D eigenvalue weighted by Gasteiger charge is 2.31. The standard InChI is InChI=1S/C18H27ClN2O6/c1-18(2,3)27-15(22)9-13(12-7-8-14(24-4)20-10-12)21(17(19)23)11-16(25-5)26-6/h7-8,10,13,16H,9,11H2,1-6H3/t13-/m0/s1. The highest BCUT2D eigenvalue weighted by molar-refractivity contribution is 6.62. The summed E-state index contributed by atoms with van der Waals surface area (Å²) in [6.45, 7) is 5.33. The first-order valence-electron chi connectivity index (χ1n) is 8.34. The van der Waals surface area contributed by atoms with Gasteiger partial charge in [0, 0.05) is 26.5 Å². The number of ether oxygens (including phenoxy) is 4. The van der Waals surface area contributed by atoms with E-state index in [1.165, 1.54) is 32.4 Å². The van der Waals surface area contributed by atoms with Crippen LogP contribution in [0.1, 0.15) is 38.8 Å². The van der Waals surface area contributed by atoms with E-state index >= 15 is 0 Å². The van der Waals surface area contributed by atoms with Crippen molar-refractivity contribution in [3.63, 3.8) is 0 Å². The number of rotatable bonds is 9. The minimum Gasteiger partial charge on any atom is -0.481 e. The van der Waals surface area contributed by atoms with Crippen molar-refractivity contribution in [2.75, 3.05) is 27.9 Å². The fourth-order valence-electron chi connectivity index (χ4n) is 2.39. The van der Waals surface area contributed by atoms with Crippen LogP contribution >= 0.6 is 11.6 Å². The number of hydrogen-bond acceptors (Lipinski definition) is 7. The molecule has 0 radical (unpaired) electrons. The number of pyridine rings is 1. The number of hydrogen-bond donors (Lipinski definition) is 0. The normalized spacial score (nSPS) is 12.6. The molecule has 0 spiro atoms. The van der Waals surface area contributed by atoms with E-state index < -0.39 is 29.3 Å². The van der Waals surface area contributed by atoms with Gasteiger partial charge in [-0.2, -0.15) is 0 Å². The summed E-state index contributed by atoms with van der Waals surface area (Å²) in [5.41, 5.74) is -0.0568. The first-order valence-corrected chi connectivity index (χ1v) is 8.72. The number of esters is 1. The van der Waals surface area contributed by atoms with Gasteiger partial charge in [0.2, 0.25) is 5.88 Å². The molecule has 0 saturated heterocycles. The Bertz CT molecular complexity index is 613. The molecular weight excluding hydrogens is 376 g/mol. The zero-order valence-corrected chi connectivity index (χ0v) is 17.3. The lowest BCUT2D eigenvalue weighted by atomic mass is 10.0. The fraction of sp³-hybridized carbons (Fsp3) is 0.611. The number of aromatic nitrogens is 1. The Kier molecular flexibility index (Phi) is 8.95. The molecule has 1 amide bonds. The van der Waals surface area contributed by atoms with Gasteiger partial charge in [0.15, 0.2) is 6.29 Å². The summed E-state index contributed by atoms with van der Waals surface area (Å²) in [5, 5.41) is -0.751. The van der Waals surface area contributed by atoms with E-state index in [2.05, 4.69) is 4.98 Å². The molecule has 1 rings (SSSR count). The van der Waals surface area contributed by atoms with Gasteiger partial charge in [0.1, 0.15) is 5.60 Å². The average Bonchev–Trinajstić information content (AvgIpc) is 2.59. The van der Waals surface area contributed by atoms with E-state index in [1.54, 1.807) is 32.9 Å². The van der Waals surface area contributed by atoms with Crippen LogP contribution in [0.4, 0.5) is 4.79 Å². The topological polar surface area (TPSA) is 87.2 Å². The Balaban J connectivity index is 3.19. The average molecular weight is 403 g/mol. The van der Waals surface area contributed by atoms with Crippen LogP contribution in [0.15, 0.2) is 18.3 Å². The first kappa shape index (κ1) is 23.1. The summed E-state index contributed by atoms with van der Waals surface area (Å²) in [6.07, 6.45) is 0.708. The van der Waals surface area contributed by atoms with E-state index in [0.29, 0.717) is 11.4 Å². The van der Waals surface area contributed by atoms with E-state index in [1.807, 2.05) is 0 Å². The van der Waals surface area contributed by atoms with Crippen LogP contribution in [0.2, 0.25) is 0 Å². The maximum Gasteiger partial charge on any atom is 0.317 e. The molecule has 0 saturated carbocycles. The van der Waals surface area contributed by atoms with Crippen LogP contribution in [0.5, 0.6) is 5.88 Å². The van der Waals surface area contributed by atoms with Gasteiger partial charge in [-0.05, 0) is 37.9 Å². The Hall–Kier alpha value is -1.90. The molecule has 0 aliphatic carbocycles. The van der Waals surface area contributed by atoms with E-state index in [4.69, 9.17) is 30.5 Å². The molecule has 9 heteroatoms. The van der Waals surface area contributed by atoms with Gasteiger partial charge in [-0.3, -0.25) is 9.59 Å². The predicted molar refractivity (Wildman–Crippen MR) is 99.8 cm³/mol. The van der Waals surface area contributed by atoms with Crippen molar-refractivity contribution in [3.05, 3.63) is 23.9 Å². The van der Waals surface area contributed by atoms with Gasteiger partial charge in [-0.1, -0.05) is 6.07 Å². The molecule has 0 N–H and O–H groups in total. The molecule has 0 bridgehead atoms. The van der Waals surface area contributed by atoms with Crippen molar-refractivity contribution >= 4 is 22.9 Å². The number of carbonyl (C=O) groups is 2.